The second-order valence-electron chi connectivity index (χ2n) is 5.32. The average molecular weight is 398 g/mol. The van der Waals surface area contributed by atoms with Crippen LogP contribution in [0.2, 0.25) is 0 Å². The van der Waals surface area contributed by atoms with Crippen molar-refractivity contribution >= 4 is 33.6 Å². The summed E-state index contributed by atoms with van der Waals surface area (Å²) in [4.78, 5) is 21.3. The smallest absolute Gasteiger partial charge is 0.394 e. The number of rotatable bonds is 2. The first kappa shape index (κ1) is 23.9. The Balaban J connectivity index is 0.000000405. The maximum atomic E-state index is 10.6. The van der Waals surface area contributed by atoms with E-state index in [0.29, 0.717) is 22.5 Å². The monoisotopic (exact) mass is 398 g/mol. The van der Waals surface area contributed by atoms with Crippen LogP contribution in [0.1, 0.15) is 31.8 Å². The molecule has 27 heavy (non-hydrogen) atoms. The molecule has 0 heterocycles. The number of hydrogen-bond donors (Lipinski definition) is 6. The van der Waals surface area contributed by atoms with Gasteiger partial charge in [-0.05, 0) is 49.2 Å². The molecule has 0 aliphatic heterocycles. The highest BCUT2D eigenvalue weighted by Crippen LogP contribution is 2.12. The van der Waals surface area contributed by atoms with Gasteiger partial charge in [0, 0.05) is 22.5 Å². The Morgan fingerprint density at radius 1 is 0.778 bits per heavy atom. The highest BCUT2D eigenvalue weighted by Gasteiger charge is 2.01. The summed E-state index contributed by atoms with van der Waals surface area (Å²) in [5.74, 6) is -0.895. The van der Waals surface area contributed by atoms with Crippen LogP contribution in [0.15, 0.2) is 36.4 Å². The molecular formula is C16H22N4O6S. The Kier molecular flexibility index (Phi) is 8.93. The van der Waals surface area contributed by atoms with E-state index < -0.39 is 22.2 Å². The molecule has 2 aromatic rings. The van der Waals surface area contributed by atoms with Crippen molar-refractivity contribution in [2.24, 2.45) is 11.5 Å². The zero-order valence-corrected chi connectivity index (χ0v) is 15.5. The Morgan fingerprint density at radius 2 is 1.04 bits per heavy atom. The van der Waals surface area contributed by atoms with Gasteiger partial charge >= 0.3 is 10.4 Å². The quantitative estimate of drug-likeness (QED) is 0.312. The second-order valence-corrected chi connectivity index (χ2v) is 6.21. The molecule has 148 valence electrons. The molecule has 0 atom stereocenters. The molecular weight excluding hydrogens is 376 g/mol. The number of amides is 2. The molecule has 0 fully saturated rings. The summed E-state index contributed by atoms with van der Waals surface area (Å²) < 4.78 is 31.6. The van der Waals surface area contributed by atoms with Crippen molar-refractivity contribution in [3.63, 3.8) is 0 Å². The Bertz CT molecular complexity index is 859. The van der Waals surface area contributed by atoms with E-state index in [0.717, 1.165) is 11.1 Å². The van der Waals surface area contributed by atoms with Gasteiger partial charge in [-0.25, -0.2) is 0 Å². The fraction of sp³-hybridized carbons (Fsp3) is 0.125. The van der Waals surface area contributed by atoms with E-state index in [1.165, 1.54) is 0 Å². The molecule has 0 saturated carbocycles. The maximum absolute atomic E-state index is 10.6. The minimum absolute atomic E-state index is 0.448. The van der Waals surface area contributed by atoms with Gasteiger partial charge in [-0.15, -0.1) is 0 Å². The van der Waals surface area contributed by atoms with E-state index >= 15 is 0 Å². The lowest BCUT2D eigenvalue weighted by molar-refractivity contribution is 0.0992. The van der Waals surface area contributed by atoms with Crippen LogP contribution < -0.4 is 22.9 Å². The summed E-state index contributed by atoms with van der Waals surface area (Å²) in [6, 6.07) is 10.0. The summed E-state index contributed by atoms with van der Waals surface area (Å²) in [6.45, 7) is 3.75. The zero-order valence-electron chi connectivity index (χ0n) is 14.7. The zero-order chi connectivity index (χ0) is 21.4. The lowest BCUT2D eigenvalue weighted by Crippen LogP contribution is -2.11. The first-order valence-electron chi connectivity index (χ1n) is 7.24. The highest BCUT2D eigenvalue weighted by molar-refractivity contribution is 7.79. The summed E-state index contributed by atoms with van der Waals surface area (Å²) in [6.07, 6.45) is 0. The molecule has 2 amide bonds. The van der Waals surface area contributed by atoms with Gasteiger partial charge in [-0.2, -0.15) is 8.42 Å². The number of anilines is 2. The number of carbonyl (C=O) groups is 2. The molecule has 0 spiro atoms. The van der Waals surface area contributed by atoms with Crippen LogP contribution in [-0.4, -0.2) is 29.3 Å². The number of aryl methyl sites for hydroxylation is 2. The number of hydrogen-bond acceptors (Lipinski definition) is 6. The average Bonchev–Trinajstić information content (AvgIpc) is 2.51. The van der Waals surface area contributed by atoms with Crippen LogP contribution in [-0.2, 0) is 10.4 Å². The van der Waals surface area contributed by atoms with Gasteiger partial charge in [0.25, 0.3) is 0 Å². The molecule has 2 aromatic carbocycles. The normalized spacial score (nSPS) is 9.93. The van der Waals surface area contributed by atoms with E-state index in [-0.39, 0.29) is 0 Å². The molecule has 0 saturated heterocycles. The lowest BCUT2D eigenvalue weighted by atomic mass is 10.1. The van der Waals surface area contributed by atoms with Crippen LogP contribution in [0, 0.1) is 13.8 Å². The van der Waals surface area contributed by atoms with E-state index in [2.05, 4.69) is 0 Å². The van der Waals surface area contributed by atoms with Gasteiger partial charge < -0.3 is 22.9 Å². The van der Waals surface area contributed by atoms with Crippen LogP contribution >= 0.6 is 0 Å². The van der Waals surface area contributed by atoms with Crippen molar-refractivity contribution in [2.45, 2.75) is 13.8 Å². The predicted molar refractivity (Wildman–Crippen MR) is 102 cm³/mol. The molecule has 0 aliphatic carbocycles. The summed E-state index contributed by atoms with van der Waals surface area (Å²) >= 11 is 0. The molecule has 10 N–H and O–H groups in total. The van der Waals surface area contributed by atoms with Gasteiger partial charge in [0.2, 0.25) is 11.8 Å². The summed E-state index contributed by atoms with van der Waals surface area (Å²) in [5.41, 5.74) is 25.2. The first-order valence-corrected chi connectivity index (χ1v) is 8.63. The van der Waals surface area contributed by atoms with Crippen molar-refractivity contribution in [2.75, 3.05) is 11.5 Å². The van der Waals surface area contributed by atoms with E-state index in [4.69, 9.17) is 40.5 Å². The van der Waals surface area contributed by atoms with Crippen molar-refractivity contribution in [3.05, 3.63) is 58.7 Å². The van der Waals surface area contributed by atoms with E-state index in [1.807, 2.05) is 13.8 Å². The largest absolute Gasteiger partial charge is 0.398 e. The third-order valence-electron chi connectivity index (χ3n) is 3.13. The number of nitrogens with two attached hydrogens (primary N) is 4. The Hall–Kier alpha value is -3.15. The Labute approximate surface area is 156 Å². The molecule has 11 heteroatoms. The highest BCUT2D eigenvalue weighted by atomic mass is 32.3. The minimum Gasteiger partial charge on any atom is -0.398 e. The van der Waals surface area contributed by atoms with Gasteiger partial charge in [0.15, 0.2) is 0 Å². The van der Waals surface area contributed by atoms with E-state index in [1.54, 1.807) is 36.4 Å². The maximum Gasteiger partial charge on any atom is 0.394 e. The first-order chi connectivity index (χ1) is 12.2. The van der Waals surface area contributed by atoms with Crippen molar-refractivity contribution < 1.29 is 27.1 Å². The topological polar surface area (TPSA) is 213 Å². The fourth-order valence-electron chi connectivity index (χ4n) is 1.59. The molecule has 0 radical (unpaired) electrons. The van der Waals surface area contributed by atoms with Gasteiger partial charge in [0.05, 0.1) is 0 Å². The molecule has 2 rings (SSSR count). The molecule has 10 nitrogen and oxygen atoms in total. The number of nitrogen functional groups attached to an aromatic ring is 2. The fourth-order valence-corrected chi connectivity index (χ4v) is 1.59. The predicted octanol–water partition coefficient (Wildman–Crippen LogP) is 0.699. The van der Waals surface area contributed by atoms with Crippen LogP contribution in [0.4, 0.5) is 11.4 Å². The Morgan fingerprint density at radius 3 is 1.22 bits per heavy atom. The van der Waals surface area contributed by atoms with Gasteiger partial charge in [-0.3, -0.25) is 18.7 Å². The lowest BCUT2D eigenvalue weighted by Gasteiger charge is -2.00. The van der Waals surface area contributed by atoms with Crippen LogP contribution in [0.5, 0.6) is 0 Å². The molecule has 0 aliphatic rings. The third-order valence-corrected chi connectivity index (χ3v) is 3.13. The van der Waals surface area contributed by atoms with Crippen molar-refractivity contribution in [1.82, 2.24) is 0 Å². The van der Waals surface area contributed by atoms with Crippen molar-refractivity contribution in [1.29, 1.82) is 0 Å². The minimum atomic E-state index is -4.67. The SMILES string of the molecule is Cc1ccc(C(N)=O)cc1N.Cc1ccc(C(N)=O)cc1N.O=S(=O)(O)O. The van der Waals surface area contributed by atoms with Gasteiger partial charge in [0.1, 0.15) is 0 Å². The second kappa shape index (κ2) is 10.1. The number of benzene rings is 2. The summed E-state index contributed by atoms with van der Waals surface area (Å²) in [5, 5.41) is 0. The molecule has 0 aromatic heterocycles. The number of carbonyl (C=O) groups excluding carboxylic acids is 2. The number of primary amides is 2. The molecule has 0 unspecified atom stereocenters. The van der Waals surface area contributed by atoms with Crippen molar-refractivity contribution in [3.8, 4) is 0 Å². The van der Waals surface area contributed by atoms with E-state index in [9.17, 15) is 9.59 Å². The molecule has 0 bridgehead atoms. The summed E-state index contributed by atoms with van der Waals surface area (Å²) in [7, 11) is -4.67. The standard InChI is InChI=1S/2C8H10N2O.H2O4S/c2*1-5-2-3-6(8(10)11)4-7(5)9;1-5(2,3)4/h2*2-4H,9H2,1H3,(H2,10,11);(H2,1,2,3,4). The third kappa shape index (κ3) is 10.4. The van der Waals surface area contributed by atoms with Crippen LogP contribution in [0.25, 0.3) is 0 Å². The van der Waals surface area contributed by atoms with Gasteiger partial charge in [-0.1, -0.05) is 12.1 Å². The van der Waals surface area contributed by atoms with Crippen LogP contribution in [0.3, 0.4) is 0 Å².